The van der Waals surface area contributed by atoms with E-state index < -0.39 is 0 Å². The maximum absolute atomic E-state index is 4.59. The molecule has 1 aromatic carbocycles. The Morgan fingerprint density at radius 1 is 1.21 bits per heavy atom. The molecular formula is C15H18BrN3. The van der Waals surface area contributed by atoms with Crippen LogP contribution in [-0.4, -0.2) is 16.0 Å². The molecule has 0 atom stereocenters. The fraction of sp³-hybridized carbons (Fsp3) is 0.467. The number of halogens is 1. The molecule has 1 aliphatic rings. The van der Waals surface area contributed by atoms with E-state index >= 15 is 0 Å². The lowest BCUT2D eigenvalue weighted by Crippen LogP contribution is -2.26. The van der Waals surface area contributed by atoms with Crippen LogP contribution >= 0.6 is 15.9 Å². The summed E-state index contributed by atoms with van der Waals surface area (Å²) in [5.41, 5.74) is 0.991. The zero-order valence-corrected chi connectivity index (χ0v) is 12.7. The van der Waals surface area contributed by atoms with Crippen molar-refractivity contribution in [1.82, 2.24) is 9.97 Å². The normalized spacial score (nSPS) is 23.5. The Morgan fingerprint density at radius 2 is 2.00 bits per heavy atom. The summed E-state index contributed by atoms with van der Waals surface area (Å²) in [6.07, 6.45) is 6.95. The minimum Gasteiger partial charge on any atom is -0.351 e. The topological polar surface area (TPSA) is 37.8 Å². The molecule has 1 aliphatic carbocycles. The minimum atomic E-state index is 0.532. The summed E-state index contributed by atoms with van der Waals surface area (Å²) in [4.78, 5) is 9.00. The third-order valence-electron chi connectivity index (χ3n) is 3.89. The molecule has 0 unspecified atom stereocenters. The highest BCUT2D eigenvalue weighted by Gasteiger charge is 2.18. The van der Waals surface area contributed by atoms with Gasteiger partial charge in [-0.25, -0.2) is 9.97 Å². The zero-order chi connectivity index (χ0) is 13.2. The van der Waals surface area contributed by atoms with Crippen LogP contribution in [-0.2, 0) is 0 Å². The third kappa shape index (κ3) is 3.06. The predicted molar refractivity (Wildman–Crippen MR) is 82.3 cm³/mol. The van der Waals surface area contributed by atoms with Gasteiger partial charge < -0.3 is 5.32 Å². The minimum absolute atomic E-state index is 0.532. The van der Waals surface area contributed by atoms with Gasteiger partial charge in [0.2, 0.25) is 5.95 Å². The molecule has 0 aliphatic heterocycles. The SMILES string of the molecule is CC1CCC(Nc2ncc3cc(Br)ccc3n2)CC1. The van der Waals surface area contributed by atoms with Crippen molar-refractivity contribution in [1.29, 1.82) is 0 Å². The molecule has 3 rings (SSSR count). The molecule has 2 aromatic rings. The Balaban J connectivity index is 1.76. The zero-order valence-electron chi connectivity index (χ0n) is 11.1. The van der Waals surface area contributed by atoms with E-state index in [1.165, 1.54) is 25.7 Å². The Kier molecular flexibility index (Phi) is 3.69. The van der Waals surface area contributed by atoms with Gasteiger partial charge in [0.05, 0.1) is 5.52 Å². The van der Waals surface area contributed by atoms with Crippen LogP contribution in [0.5, 0.6) is 0 Å². The molecule has 0 saturated heterocycles. The summed E-state index contributed by atoms with van der Waals surface area (Å²) in [5, 5.41) is 4.54. The molecule has 1 heterocycles. The first-order valence-corrected chi connectivity index (χ1v) is 7.69. The van der Waals surface area contributed by atoms with Gasteiger partial charge in [-0.3, -0.25) is 0 Å². The molecule has 0 spiro atoms. The quantitative estimate of drug-likeness (QED) is 0.892. The Labute approximate surface area is 122 Å². The molecule has 3 nitrogen and oxygen atoms in total. The van der Waals surface area contributed by atoms with Crippen LogP contribution in [0, 0.1) is 5.92 Å². The van der Waals surface area contributed by atoms with E-state index in [9.17, 15) is 0 Å². The fourth-order valence-corrected chi connectivity index (χ4v) is 3.04. The molecular weight excluding hydrogens is 302 g/mol. The van der Waals surface area contributed by atoms with Gasteiger partial charge in [-0.15, -0.1) is 0 Å². The van der Waals surface area contributed by atoms with Gasteiger partial charge in [-0.2, -0.15) is 0 Å². The highest BCUT2D eigenvalue weighted by Crippen LogP contribution is 2.25. The molecule has 100 valence electrons. The molecule has 1 aromatic heterocycles. The van der Waals surface area contributed by atoms with Crippen molar-refractivity contribution in [2.45, 2.75) is 38.6 Å². The van der Waals surface area contributed by atoms with Gasteiger partial charge in [0, 0.05) is 22.1 Å². The van der Waals surface area contributed by atoms with Crippen molar-refractivity contribution in [3.05, 3.63) is 28.9 Å². The summed E-state index contributed by atoms with van der Waals surface area (Å²) in [7, 11) is 0. The third-order valence-corrected chi connectivity index (χ3v) is 4.38. The molecule has 1 N–H and O–H groups in total. The van der Waals surface area contributed by atoms with Crippen molar-refractivity contribution in [2.24, 2.45) is 5.92 Å². The largest absolute Gasteiger partial charge is 0.351 e. The van der Waals surface area contributed by atoms with E-state index in [-0.39, 0.29) is 0 Å². The van der Waals surface area contributed by atoms with E-state index in [0.717, 1.165) is 27.2 Å². The smallest absolute Gasteiger partial charge is 0.223 e. The van der Waals surface area contributed by atoms with Crippen molar-refractivity contribution in [3.8, 4) is 0 Å². The van der Waals surface area contributed by atoms with Gasteiger partial charge in [0.25, 0.3) is 0 Å². The highest BCUT2D eigenvalue weighted by atomic mass is 79.9. The van der Waals surface area contributed by atoms with Crippen LogP contribution in [0.2, 0.25) is 0 Å². The number of hydrogen-bond donors (Lipinski definition) is 1. The first kappa shape index (κ1) is 12.9. The second-order valence-corrected chi connectivity index (χ2v) is 6.41. The monoisotopic (exact) mass is 319 g/mol. The molecule has 0 radical (unpaired) electrons. The van der Waals surface area contributed by atoms with Crippen LogP contribution in [0.15, 0.2) is 28.9 Å². The highest BCUT2D eigenvalue weighted by molar-refractivity contribution is 9.10. The number of rotatable bonds is 2. The number of nitrogens with one attached hydrogen (secondary N) is 1. The molecule has 4 heteroatoms. The van der Waals surface area contributed by atoms with Crippen LogP contribution in [0.4, 0.5) is 5.95 Å². The van der Waals surface area contributed by atoms with Gasteiger partial charge in [0.1, 0.15) is 0 Å². The van der Waals surface area contributed by atoms with E-state index in [1.807, 2.05) is 24.4 Å². The first-order chi connectivity index (χ1) is 9.20. The lowest BCUT2D eigenvalue weighted by atomic mass is 9.87. The Morgan fingerprint density at radius 3 is 2.79 bits per heavy atom. The molecule has 19 heavy (non-hydrogen) atoms. The van der Waals surface area contributed by atoms with Crippen LogP contribution < -0.4 is 5.32 Å². The predicted octanol–water partition coefficient (Wildman–Crippen LogP) is 4.38. The van der Waals surface area contributed by atoms with Gasteiger partial charge in [0.15, 0.2) is 0 Å². The van der Waals surface area contributed by atoms with Crippen LogP contribution in [0.1, 0.15) is 32.6 Å². The van der Waals surface area contributed by atoms with Crippen LogP contribution in [0.25, 0.3) is 10.9 Å². The lowest BCUT2D eigenvalue weighted by Gasteiger charge is -2.26. The Hall–Kier alpha value is -1.16. The van der Waals surface area contributed by atoms with Gasteiger partial charge in [-0.1, -0.05) is 22.9 Å². The van der Waals surface area contributed by atoms with E-state index in [2.05, 4.69) is 38.1 Å². The van der Waals surface area contributed by atoms with Crippen molar-refractivity contribution in [3.63, 3.8) is 0 Å². The van der Waals surface area contributed by atoms with E-state index in [0.29, 0.717) is 6.04 Å². The standard InChI is InChI=1S/C15H18BrN3/c1-10-2-5-13(6-3-10)18-15-17-9-11-8-12(16)4-7-14(11)19-15/h4,7-10,13H,2-3,5-6H2,1H3,(H,17,18,19). The summed E-state index contributed by atoms with van der Waals surface area (Å²) in [6, 6.07) is 6.61. The molecule has 1 saturated carbocycles. The van der Waals surface area contributed by atoms with Crippen molar-refractivity contribution >= 4 is 32.8 Å². The molecule has 1 fully saturated rings. The number of hydrogen-bond acceptors (Lipinski definition) is 3. The number of aromatic nitrogens is 2. The number of fused-ring (bicyclic) bond motifs is 1. The average Bonchev–Trinajstić information content (AvgIpc) is 2.42. The number of nitrogens with zero attached hydrogens (tertiary/aromatic N) is 2. The van der Waals surface area contributed by atoms with Gasteiger partial charge >= 0.3 is 0 Å². The van der Waals surface area contributed by atoms with E-state index in [1.54, 1.807) is 0 Å². The van der Waals surface area contributed by atoms with Crippen molar-refractivity contribution < 1.29 is 0 Å². The molecule has 0 amide bonds. The summed E-state index contributed by atoms with van der Waals surface area (Å²) in [6.45, 7) is 2.33. The molecule has 0 bridgehead atoms. The van der Waals surface area contributed by atoms with E-state index in [4.69, 9.17) is 0 Å². The van der Waals surface area contributed by atoms with Gasteiger partial charge in [-0.05, 0) is 49.8 Å². The maximum Gasteiger partial charge on any atom is 0.223 e. The van der Waals surface area contributed by atoms with Crippen molar-refractivity contribution in [2.75, 3.05) is 5.32 Å². The summed E-state index contributed by atoms with van der Waals surface area (Å²) in [5.74, 6) is 1.63. The fourth-order valence-electron chi connectivity index (χ4n) is 2.66. The summed E-state index contributed by atoms with van der Waals surface area (Å²) >= 11 is 3.46. The van der Waals surface area contributed by atoms with Crippen LogP contribution in [0.3, 0.4) is 0 Å². The number of anilines is 1. The average molecular weight is 320 g/mol. The Bertz CT molecular complexity index is 577. The first-order valence-electron chi connectivity index (χ1n) is 6.89. The summed E-state index contributed by atoms with van der Waals surface area (Å²) < 4.78 is 1.06. The lowest BCUT2D eigenvalue weighted by molar-refractivity contribution is 0.360. The second-order valence-electron chi connectivity index (χ2n) is 5.50. The second kappa shape index (κ2) is 5.45. The number of benzene rings is 1. The maximum atomic E-state index is 4.59.